The molecule has 0 aliphatic carbocycles. The number of rotatable bonds is 8. The van der Waals surface area contributed by atoms with Crippen molar-refractivity contribution < 1.29 is 9.53 Å². The van der Waals surface area contributed by atoms with Gasteiger partial charge in [-0.25, -0.2) is 0 Å². The van der Waals surface area contributed by atoms with Crippen molar-refractivity contribution >= 4 is 30.1 Å². The molecule has 23 heavy (non-hydrogen) atoms. The highest BCUT2D eigenvalue weighted by molar-refractivity contribution is 7.99. The molecule has 2 N–H and O–H groups in total. The summed E-state index contributed by atoms with van der Waals surface area (Å²) in [6.45, 7) is 3.05. The predicted molar refractivity (Wildman–Crippen MR) is 98.8 cm³/mol. The molecule has 0 radical (unpaired) electrons. The van der Waals surface area contributed by atoms with E-state index in [1.165, 1.54) is 17.7 Å². The summed E-state index contributed by atoms with van der Waals surface area (Å²) in [5, 5.41) is 6.44. The second-order valence-electron chi connectivity index (χ2n) is 5.62. The highest BCUT2D eigenvalue weighted by Gasteiger charge is 2.12. The second kappa shape index (κ2) is 11.6. The van der Waals surface area contributed by atoms with Crippen LogP contribution < -0.4 is 15.4 Å². The Labute approximate surface area is 149 Å². The number of thioether (sulfide) groups is 1. The lowest BCUT2D eigenvalue weighted by Crippen LogP contribution is -2.33. The molecule has 0 saturated carbocycles. The minimum atomic E-state index is 0. The first-order valence-electron chi connectivity index (χ1n) is 8.02. The number of amides is 1. The summed E-state index contributed by atoms with van der Waals surface area (Å²) in [7, 11) is 1.66. The van der Waals surface area contributed by atoms with E-state index in [0.717, 1.165) is 43.5 Å². The zero-order valence-electron chi connectivity index (χ0n) is 13.7. The van der Waals surface area contributed by atoms with Gasteiger partial charge in [0.05, 0.1) is 7.11 Å². The molecule has 6 heteroatoms. The lowest BCUT2D eigenvalue weighted by molar-refractivity contribution is -0.120. The molecule has 1 atom stereocenters. The lowest BCUT2D eigenvalue weighted by atomic mass is 9.96. The van der Waals surface area contributed by atoms with Gasteiger partial charge in [-0.15, -0.1) is 24.2 Å². The number of hydrogen-bond donors (Lipinski definition) is 2. The van der Waals surface area contributed by atoms with Crippen LogP contribution in [0, 0.1) is 5.92 Å². The number of hydrogen-bond acceptors (Lipinski definition) is 4. The molecule has 1 heterocycles. The number of benzene rings is 1. The molecule has 0 aromatic heterocycles. The average molecular weight is 359 g/mol. The fourth-order valence-electron chi connectivity index (χ4n) is 2.61. The van der Waals surface area contributed by atoms with Gasteiger partial charge in [0.15, 0.2) is 0 Å². The average Bonchev–Trinajstić information content (AvgIpc) is 2.56. The first-order valence-corrected chi connectivity index (χ1v) is 9.01. The minimum absolute atomic E-state index is 0. The summed E-state index contributed by atoms with van der Waals surface area (Å²) in [6.07, 6.45) is 4.21. The number of nitrogens with one attached hydrogen (secondary N) is 2. The van der Waals surface area contributed by atoms with Gasteiger partial charge in [0.1, 0.15) is 5.75 Å². The Morgan fingerprint density at radius 1 is 1.39 bits per heavy atom. The molecule has 0 spiro atoms. The van der Waals surface area contributed by atoms with E-state index in [1.54, 1.807) is 18.9 Å². The zero-order valence-corrected chi connectivity index (χ0v) is 15.3. The number of carbonyl (C=O) groups is 1. The van der Waals surface area contributed by atoms with Gasteiger partial charge in [0, 0.05) is 23.6 Å². The second-order valence-corrected chi connectivity index (χ2v) is 6.79. The first kappa shape index (κ1) is 20.1. The Hall–Kier alpha value is -0.910. The van der Waals surface area contributed by atoms with Gasteiger partial charge in [-0.05, 0) is 62.5 Å². The van der Waals surface area contributed by atoms with Gasteiger partial charge in [0.25, 0.3) is 0 Å². The zero-order chi connectivity index (χ0) is 15.6. The van der Waals surface area contributed by atoms with E-state index in [4.69, 9.17) is 4.74 Å². The van der Waals surface area contributed by atoms with E-state index in [9.17, 15) is 4.79 Å². The number of methoxy groups -OCH3 is 1. The molecular formula is C17H27ClN2O2S. The van der Waals surface area contributed by atoms with Crippen LogP contribution in [0.3, 0.4) is 0 Å². The largest absolute Gasteiger partial charge is 0.497 e. The fraction of sp³-hybridized carbons (Fsp3) is 0.588. The predicted octanol–water partition coefficient (Wildman–Crippen LogP) is 3.11. The highest BCUT2D eigenvalue weighted by atomic mass is 35.5. The summed E-state index contributed by atoms with van der Waals surface area (Å²) in [5.41, 5.74) is 0. The van der Waals surface area contributed by atoms with Crippen molar-refractivity contribution in [3.05, 3.63) is 24.3 Å². The molecular weight excluding hydrogens is 332 g/mol. The third-order valence-electron chi connectivity index (χ3n) is 3.93. The van der Waals surface area contributed by atoms with Crippen LogP contribution in [0.5, 0.6) is 5.75 Å². The van der Waals surface area contributed by atoms with Gasteiger partial charge in [-0.3, -0.25) is 4.79 Å². The number of halogens is 1. The Morgan fingerprint density at radius 2 is 2.17 bits per heavy atom. The van der Waals surface area contributed by atoms with Gasteiger partial charge in [0.2, 0.25) is 5.91 Å². The van der Waals surface area contributed by atoms with Gasteiger partial charge in [-0.1, -0.05) is 0 Å². The number of carbonyl (C=O) groups excluding carboxylic acids is 1. The Morgan fingerprint density at radius 3 is 2.83 bits per heavy atom. The Balaban J connectivity index is 0.00000264. The van der Waals surface area contributed by atoms with E-state index in [-0.39, 0.29) is 18.3 Å². The van der Waals surface area contributed by atoms with E-state index >= 15 is 0 Å². The summed E-state index contributed by atoms with van der Waals surface area (Å²) in [4.78, 5) is 13.0. The molecule has 1 aromatic carbocycles. The van der Waals surface area contributed by atoms with Crippen LogP contribution in [0.4, 0.5) is 0 Å². The Kier molecular flexibility index (Phi) is 10.2. The first-order chi connectivity index (χ1) is 10.8. The molecule has 0 bridgehead atoms. The molecule has 1 amide bonds. The highest BCUT2D eigenvalue weighted by Crippen LogP contribution is 2.21. The van der Waals surface area contributed by atoms with Crippen LogP contribution in [0.1, 0.15) is 25.7 Å². The molecule has 130 valence electrons. The van der Waals surface area contributed by atoms with Crippen molar-refractivity contribution in [2.75, 3.05) is 32.5 Å². The van der Waals surface area contributed by atoms with Crippen molar-refractivity contribution in [1.29, 1.82) is 0 Å². The van der Waals surface area contributed by atoms with Crippen molar-refractivity contribution in [3.63, 3.8) is 0 Å². The quantitative estimate of drug-likeness (QED) is 0.701. The monoisotopic (exact) mass is 358 g/mol. The van der Waals surface area contributed by atoms with Crippen LogP contribution in [0.2, 0.25) is 0 Å². The molecule has 1 fully saturated rings. The summed E-state index contributed by atoms with van der Waals surface area (Å²) in [5.74, 6) is 2.55. The third kappa shape index (κ3) is 7.95. The van der Waals surface area contributed by atoms with E-state index in [1.807, 2.05) is 24.3 Å². The lowest BCUT2D eigenvalue weighted by Gasteiger charge is -2.22. The molecule has 4 nitrogen and oxygen atoms in total. The van der Waals surface area contributed by atoms with Crippen LogP contribution >= 0.6 is 24.2 Å². The SMILES string of the molecule is COc1ccc(SCCC(=O)NCCC2CCCNC2)cc1.Cl. The van der Waals surface area contributed by atoms with E-state index in [0.29, 0.717) is 6.42 Å². The maximum Gasteiger partial charge on any atom is 0.220 e. The minimum Gasteiger partial charge on any atom is -0.497 e. The smallest absolute Gasteiger partial charge is 0.220 e. The molecule has 1 aromatic rings. The van der Waals surface area contributed by atoms with Gasteiger partial charge >= 0.3 is 0 Å². The summed E-state index contributed by atoms with van der Waals surface area (Å²) >= 11 is 1.70. The molecule has 1 aliphatic heterocycles. The maximum atomic E-state index is 11.8. The third-order valence-corrected chi connectivity index (χ3v) is 4.94. The standard InChI is InChI=1S/C17H26N2O2S.ClH/c1-21-15-4-6-16(7-5-15)22-12-9-17(20)19-11-8-14-3-2-10-18-13-14;/h4-7,14,18H,2-3,8-13H2,1H3,(H,19,20);1H. The van der Waals surface area contributed by atoms with Crippen molar-refractivity contribution in [1.82, 2.24) is 10.6 Å². The van der Waals surface area contributed by atoms with Crippen LogP contribution in [0.25, 0.3) is 0 Å². The van der Waals surface area contributed by atoms with Crippen molar-refractivity contribution in [2.45, 2.75) is 30.6 Å². The van der Waals surface area contributed by atoms with Crippen LogP contribution in [-0.4, -0.2) is 38.4 Å². The molecule has 1 saturated heterocycles. The fourth-order valence-corrected chi connectivity index (χ4v) is 3.46. The Bertz CT molecular complexity index is 450. The van der Waals surface area contributed by atoms with Crippen molar-refractivity contribution in [3.8, 4) is 5.75 Å². The molecule has 1 unspecified atom stereocenters. The number of piperidine rings is 1. The summed E-state index contributed by atoms with van der Waals surface area (Å²) < 4.78 is 5.13. The molecule has 1 aliphatic rings. The van der Waals surface area contributed by atoms with Crippen LogP contribution in [0.15, 0.2) is 29.2 Å². The topological polar surface area (TPSA) is 50.4 Å². The van der Waals surface area contributed by atoms with E-state index in [2.05, 4.69) is 10.6 Å². The maximum absolute atomic E-state index is 11.8. The van der Waals surface area contributed by atoms with Crippen molar-refractivity contribution in [2.24, 2.45) is 5.92 Å². The summed E-state index contributed by atoms with van der Waals surface area (Å²) in [6, 6.07) is 7.94. The number of ether oxygens (including phenoxy) is 1. The molecule has 2 rings (SSSR count). The van der Waals surface area contributed by atoms with Gasteiger partial charge in [-0.2, -0.15) is 0 Å². The normalized spacial score (nSPS) is 17.2. The van der Waals surface area contributed by atoms with Gasteiger partial charge < -0.3 is 15.4 Å². The van der Waals surface area contributed by atoms with E-state index < -0.39 is 0 Å². The van der Waals surface area contributed by atoms with Crippen LogP contribution in [-0.2, 0) is 4.79 Å².